The van der Waals surface area contributed by atoms with Crippen LogP contribution in [0.25, 0.3) is 0 Å². The van der Waals surface area contributed by atoms with Gasteiger partial charge in [0.05, 0.1) is 3.79 Å². The van der Waals surface area contributed by atoms with E-state index in [-0.39, 0.29) is 11.8 Å². The normalized spacial score (nSPS) is 21.6. The Hall–Kier alpha value is -0.240. The highest BCUT2D eigenvalue weighted by Gasteiger charge is 2.33. The molecule has 4 nitrogen and oxygen atoms in total. The van der Waals surface area contributed by atoms with Crippen LogP contribution in [-0.4, -0.2) is 31.1 Å². The second-order valence-corrected chi connectivity index (χ2v) is 9.66. The summed E-state index contributed by atoms with van der Waals surface area (Å²) in [5, 5.41) is 0. The maximum atomic E-state index is 12.7. The van der Waals surface area contributed by atoms with Crippen molar-refractivity contribution in [3.05, 3.63) is 15.9 Å². The van der Waals surface area contributed by atoms with Crippen LogP contribution < -0.4 is 0 Å². The number of hydrogen-bond acceptors (Lipinski definition) is 4. The predicted octanol–water partition coefficient (Wildman–Crippen LogP) is 3.42. The van der Waals surface area contributed by atoms with Crippen LogP contribution in [-0.2, 0) is 14.8 Å². The molecule has 2 rings (SSSR count). The molecule has 1 fully saturated rings. The summed E-state index contributed by atoms with van der Waals surface area (Å²) in [4.78, 5) is 11.4. The molecule has 7 heteroatoms. The van der Waals surface area contributed by atoms with Gasteiger partial charge in [-0.2, -0.15) is 4.31 Å². The van der Waals surface area contributed by atoms with Crippen LogP contribution in [0.5, 0.6) is 0 Å². The van der Waals surface area contributed by atoms with Crippen LogP contribution in [0.15, 0.2) is 20.1 Å². The summed E-state index contributed by atoms with van der Waals surface area (Å²) in [5.74, 6) is 0.0458. The molecule has 2 heterocycles. The number of rotatable bonds is 4. The van der Waals surface area contributed by atoms with E-state index in [0.717, 1.165) is 29.5 Å². The van der Waals surface area contributed by atoms with Gasteiger partial charge in [-0.25, -0.2) is 8.42 Å². The fraction of sp³-hybridized carbons (Fsp3) is 0.615. The van der Waals surface area contributed by atoms with Crippen LogP contribution in [0.1, 0.15) is 39.0 Å². The van der Waals surface area contributed by atoms with Gasteiger partial charge < -0.3 is 0 Å². The first kappa shape index (κ1) is 16.1. The molecular formula is C13H18BrNO3S2. The van der Waals surface area contributed by atoms with Crippen molar-refractivity contribution in [2.45, 2.75) is 49.3 Å². The lowest BCUT2D eigenvalue weighted by molar-refractivity contribution is -0.117. The van der Waals surface area contributed by atoms with Gasteiger partial charge in [0.2, 0.25) is 0 Å². The van der Waals surface area contributed by atoms with E-state index >= 15 is 0 Å². The third kappa shape index (κ3) is 3.69. The Morgan fingerprint density at radius 2 is 2.15 bits per heavy atom. The molecule has 0 saturated carbocycles. The summed E-state index contributed by atoms with van der Waals surface area (Å²) in [6.45, 7) is 2.03. The Kier molecular flexibility index (Phi) is 5.39. The van der Waals surface area contributed by atoms with Crippen molar-refractivity contribution in [1.82, 2.24) is 4.31 Å². The molecule has 0 N–H and O–H groups in total. The first-order chi connectivity index (χ1) is 9.41. The Labute approximate surface area is 132 Å². The third-order valence-corrected chi connectivity index (χ3v) is 7.50. The average molecular weight is 380 g/mol. The van der Waals surface area contributed by atoms with Crippen LogP contribution in [0.2, 0.25) is 0 Å². The van der Waals surface area contributed by atoms with Crippen molar-refractivity contribution < 1.29 is 13.2 Å². The molecule has 20 heavy (non-hydrogen) atoms. The van der Waals surface area contributed by atoms with Crippen molar-refractivity contribution >= 4 is 43.1 Å². The quantitative estimate of drug-likeness (QED) is 0.804. The number of nitrogens with zero attached hydrogens (tertiary/aromatic N) is 1. The molecule has 1 aliphatic rings. The van der Waals surface area contributed by atoms with Crippen LogP contribution >= 0.6 is 27.3 Å². The topological polar surface area (TPSA) is 54.5 Å². The first-order valence-electron chi connectivity index (χ1n) is 6.68. The van der Waals surface area contributed by atoms with Crippen molar-refractivity contribution in [3.63, 3.8) is 0 Å². The van der Waals surface area contributed by atoms with E-state index in [4.69, 9.17) is 0 Å². The van der Waals surface area contributed by atoms with Crippen molar-refractivity contribution in [2.24, 2.45) is 0 Å². The van der Waals surface area contributed by atoms with E-state index in [9.17, 15) is 13.2 Å². The first-order valence-corrected chi connectivity index (χ1v) is 9.73. The SMILES string of the molecule is CC(=O)CC1CCCCCN1S(=O)(=O)c1ccc(Br)s1. The van der Waals surface area contributed by atoms with Gasteiger partial charge in [-0.1, -0.05) is 12.8 Å². The average Bonchev–Trinajstić information content (AvgIpc) is 2.66. The molecule has 1 atom stereocenters. The molecule has 0 radical (unpaired) electrons. The van der Waals surface area contributed by atoms with E-state index in [1.807, 2.05) is 0 Å². The van der Waals surface area contributed by atoms with E-state index in [1.165, 1.54) is 18.3 Å². The molecule has 0 bridgehead atoms. The molecule has 1 aromatic rings. The molecule has 1 aliphatic heterocycles. The van der Waals surface area contributed by atoms with Gasteiger partial charge >= 0.3 is 0 Å². The number of halogens is 1. The molecule has 0 aromatic carbocycles. The van der Waals surface area contributed by atoms with Gasteiger partial charge in [-0.15, -0.1) is 11.3 Å². The number of carbonyl (C=O) groups excluding carboxylic acids is 1. The largest absolute Gasteiger partial charge is 0.300 e. The molecule has 112 valence electrons. The lowest BCUT2D eigenvalue weighted by Crippen LogP contribution is -2.40. The monoisotopic (exact) mass is 379 g/mol. The van der Waals surface area contributed by atoms with Gasteiger partial charge in [-0.3, -0.25) is 4.79 Å². The zero-order valence-corrected chi connectivity index (χ0v) is 14.6. The van der Waals surface area contributed by atoms with Gasteiger partial charge in [0.15, 0.2) is 0 Å². The summed E-state index contributed by atoms with van der Waals surface area (Å²) < 4.78 is 28.2. The van der Waals surface area contributed by atoms with Crippen LogP contribution in [0.4, 0.5) is 0 Å². The highest BCUT2D eigenvalue weighted by Crippen LogP contribution is 2.32. The van der Waals surface area contributed by atoms with Gasteiger partial charge in [0.1, 0.15) is 9.99 Å². The second-order valence-electron chi connectivity index (χ2n) is 5.08. The second kappa shape index (κ2) is 6.68. The minimum absolute atomic E-state index is 0.0458. The smallest absolute Gasteiger partial charge is 0.252 e. The molecule has 0 aliphatic carbocycles. The number of ketones is 1. The Morgan fingerprint density at radius 3 is 2.75 bits per heavy atom. The predicted molar refractivity (Wildman–Crippen MR) is 83.5 cm³/mol. The summed E-state index contributed by atoms with van der Waals surface area (Å²) in [7, 11) is -3.49. The summed E-state index contributed by atoms with van der Waals surface area (Å²) in [6.07, 6.45) is 3.95. The Balaban J connectivity index is 2.32. The van der Waals surface area contributed by atoms with E-state index in [1.54, 1.807) is 16.4 Å². The zero-order chi connectivity index (χ0) is 14.8. The molecular weight excluding hydrogens is 362 g/mol. The Morgan fingerprint density at radius 1 is 1.40 bits per heavy atom. The lowest BCUT2D eigenvalue weighted by Gasteiger charge is -2.27. The number of sulfonamides is 1. The highest BCUT2D eigenvalue weighted by molar-refractivity contribution is 9.11. The van der Waals surface area contributed by atoms with Gasteiger partial charge in [0, 0.05) is 19.0 Å². The molecule has 1 unspecified atom stereocenters. The number of Topliss-reactive ketones (excluding diaryl/α,β-unsaturated/α-hetero) is 1. The lowest BCUT2D eigenvalue weighted by atomic mass is 10.1. The third-order valence-electron chi connectivity index (χ3n) is 3.46. The van der Waals surface area contributed by atoms with Crippen molar-refractivity contribution in [1.29, 1.82) is 0 Å². The van der Waals surface area contributed by atoms with Crippen molar-refractivity contribution in [3.8, 4) is 0 Å². The standard InChI is InChI=1S/C13H18BrNO3S2/c1-10(16)9-11-5-3-2-4-8-15(11)20(17,18)13-7-6-12(14)19-13/h6-7,11H,2-5,8-9H2,1H3. The van der Waals surface area contributed by atoms with Crippen LogP contribution in [0, 0.1) is 0 Å². The van der Waals surface area contributed by atoms with Crippen molar-refractivity contribution in [2.75, 3.05) is 6.54 Å². The number of hydrogen-bond donors (Lipinski definition) is 0. The Bertz CT molecular complexity index is 582. The summed E-state index contributed by atoms with van der Waals surface area (Å²) >= 11 is 4.52. The van der Waals surface area contributed by atoms with Gasteiger partial charge in [0.25, 0.3) is 10.0 Å². The van der Waals surface area contributed by atoms with Crippen LogP contribution in [0.3, 0.4) is 0 Å². The molecule has 1 aromatic heterocycles. The summed E-state index contributed by atoms with van der Waals surface area (Å²) in [6, 6.07) is 3.18. The minimum atomic E-state index is -3.49. The molecule has 0 spiro atoms. The maximum absolute atomic E-state index is 12.7. The fourth-order valence-corrected chi connectivity index (χ4v) is 6.39. The van der Waals surface area contributed by atoms with E-state index in [0.29, 0.717) is 17.2 Å². The molecule has 1 saturated heterocycles. The minimum Gasteiger partial charge on any atom is -0.300 e. The molecule has 0 amide bonds. The maximum Gasteiger partial charge on any atom is 0.252 e. The number of thiophene rings is 1. The number of carbonyl (C=O) groups is 1. The van der Waals surface area contributed by atoms with E-state index in [2.05, 4.69) is 15.9 Å². The fourth-order valence-electron chi connectivity index (χ4n) is 2.55. The summed E-state index contributed by atoms with van der Waals surface area (Å²) in [5.41, 5.74) is 0. The highest BCUT2D eigenvalue weighted by atomic mass is 79.9. The van der Waals surface area contributed by atoms with Gasteiger partial charge in [-0.05, 0) is 47.8 Å². The zero-order valence-electron chi connectivity index (χ0n) is 11.3. The van der Waals surface area contributed by atoms with E-state index < -0.39 is 10.0 Å².